The summed E-state index contributed by atoms with van der Waals surface area (Å²) in [6.45, 7) is 0. The van der Waals surface area contributed by atoms with Gasteiger partial charge < -0.3 is 0 Å². The summed E-state index contributed by atoms with van der Waals surface area (Å²) in [5.74, 6) is 6.63. The molecule has 0 aliphatic heterocycles. The molecular formula is C28H16S. The molecular weight excluding hydrogens is 368 g/mol. The number of rotatable bonds is 0. The van der Waals surface area contributed by atoms with E-state index in [1.54, 1.807) is 11.3 Å². The van der Waals surface area contributed by atoms with E-state index in [2.05, 4.69) is 78.6 Å². The van der Waals surface area contributed by atoms with Crippen LogP contribution in [0.4, 0.5) is 0 Å². The van der Waals surface area contributed by atoms with Gasteiger partial charge in [0.25, 0.3) is 0 Å². The SMILES string of the molecule is C(#Cc1cc2ccc3c4cc5ccccc5cc4ccc3c2s1)c1ccccc1. The van der Waals surface area contributed by atoms with Crippen LogP contribution in [0.1, 0.15) is 10.4 Å². The number of hydrogen-bond acceptors (Lipinski definition) is 1. The average Bonchev–Trinajstić information content (AvgIpc) is 3.20. The van der Waals surface area contributed by atoms with Gasteiger partial charge in [0.15, 0.2) is 0 Å². The largest absolute Gasteiger partial charge is 0.126 e. The molecule has 0 saturated carbocycles. The van der Waals surface area contributed by atoms with Gasteiger partial charge in [-0.2, -0.15) is 0 Å². The summed E-state index contributed by atoms with van der Waals surface area (Å²) in [6, 6.07) is 34.6. The molecule has 6 rings (SSSR count). The number of hydrogen-bond donors (Lipinski definition) is 0. The Bertz CT molecular complexity index is 1590. The van der Waals surface area contributed by atoms with Gasteiger partial charge in [-0.3, -0.25) is 0 Å². The zero-order chi connectivity index (χ0) is 19.2. The molecule has 134 valence electrons. The Balaban J connectivity index is 1.57. The summed E-state index contributed by atoms with van der Waals surface area (Å²) in [5, 5.41) is 9.06. The van der Waals surface area contributed by atoms with Gasteiger partial charge in [0, 0.05) is 15.6 Å². The van der Waals surface area contributed by atoms with Crippen LogP contribution < -0.4 is 0 Å². The highest BCUT2D eigenvalue weighted by Gasteiger charge is 2.08. The molecule has 0 saturated heterocycles. The topological polar surface area (TPSA) is 0 Å². The van der Waals surface area contributed by atoms with E-state index in [-0.39, 0.29) is 0 Å². The molecule has 0 nitrogen and oxygen atoms in total. The third-order valence-electron chi connectivity index (χ3n) is 5.47. The Labute approximate surface area is 173 Å². The lowest BCUT2D eigenvalue weighted by atomic mass is 9.98. The van der Waals surface area contributed by atoms with Crippen LogP contribution in [-0.2, 0) is 0 Å². The second-order valence-corrected chi connectivity index (χ2v) is 8.34. The van der Waals surface area contributed by atoms with Gasteiger partial charge in [0.1, 0.15) is 0 Å². The molecule has 0 unspecified atom stereocenters. The summed E-state index contributed by atoms with van der Waals surface area (Å²) in [4.78, 5) is 1.11. The van der Waals surface area contributed by atoms with E-state index >= 15 is 0 Å². The van der Waals surface area contributed by atoms with Crippen LogP contribution in [0, 0.1) is 11.8 Å². The number of benzene rings is 5. The highest BCUT2D eigenvalue weighted by molar-refractivity contribution is 7.20. The van der Waals surface area contributed by atoms with Gasteiger partial charge in [-0.15, -0.1) is 11.3 Å². The fraction of sp³-hybridized carbons (Fsp3) is 0. The molecule has 0 bridgehead atoms. The Morgan fingerprint density at radius 2 is 1.21 bits per heavy atom. The monoisotopic (exact) mass is 384 g/mol. The molecule has 1 heteroatoms. The van der Waals surface area contributed by atoms with Gasteiger partial charge in [0.05, 0.1) is 4.88 Å². The van der Waals surface area contributed by atoms with Crippen LogP contribution >= 0.6 is 11.3 Å². The van der Waals surface area contributed by atoms with E-state index in [1.165, 1.54) is 42.4 Å². The number of fused-ring (bicyclic) bond motifs is 6. The van der Waals surface area contributed by atoms with Gasteiger partial charge >= 0.3 is 0 Å². The van der Waals surface area contributed by atoms with Gasteiger partial charge in [-0.1, -0.05) is 78.6 Å². The van der Waals surface area contributed by atoms with E-state index in [0.29, 0.717) is 0 Å². The fourth-order valence-electron chi connectivity index (χ4n) is 4.04. The fourth-order valence-corrected chi connectivity index (χ4v) is 5.08. The summed E-state index contributed by atoms with van der Waals surface area (Å²) in [6.07, 6.45) is 0. The lowest BCUT2D eigenvalue weighted by Crippen LogP contribution is -1.80. The van der Waals surface area contributed by atoms with Crippen LogP contribution in [-0.4, -0.2) is 0 Å². The van der Waals surface area contributed by atoms with Crippen molar-refractivity contribution in [3.8, 4) is 11.8 Å². The Kier molecular flexibility index (Phi) is 3.66. The van der Waals surface area contributed by atoms with E-state index in [1.807, 2.05) is 30.3 Å². The summed E-state index contributed by atoms with van der Waals surface area (Å²) >= 11 is 1.78. The molecule has 29 heavy (non-hydrogen) atoms. The first kappa shape index (κ1) is 16.4. The third-order valence-corrected chi connectivity index (χ3v) is 6.57. The van der Waals surface area contributed by atoms with Crippen molar-refractivity contribution in [3.05, 3.63) is 108 Å². The molecule has 0 atom stereocenters. The maximum atomic E-state index is 3.34. The van der Waals surface area contributed by atoms with E-state index in [4.69, 9.17) is 0 Å². The maximum Gasteiger partial charge on any atom is 0.0785 e. The minimum Gasteiger partial charge on any atom is -0.126 e. The van der Waals surface area contributed by atoms with Gasteiger partial charge in [-0.25, -0.2) is 0 Å². The van der Waals surface area contributed by atoms with Crippen molar-refractivity contribution >= 4 is 53.7 Å². The van der Waals surface area contributed by atoms with Crippen molar-refractivity contribution in [2.45, 2.75) is 0 Å². The van der Waals surface area contributed by atoms with E-state index in [9.17, 15) is 0 Å². The maximum absolute atomic E-state index is 3.34. The molecule has 0 radical (unpaired) electrons. The van der Waals surface area contributed by atoms with E-state index < -0.39 is 0 Å². The first-order valence-electron chi connectivity index (χ1n) is 9.70. The molecule has 1 heterocycles. The van der Waals surface area contributed by atoms with Crippen LogP contribution in [0.15, 0.2) is 97.1 Å². The first-order chi connectivity index (χ1) is 14.3. The normalized spacial score (nSPS) is 11.2. The van der Waals surface area contributed by atoms with Crippen molar-refractivity contribution in [1.82, 2.24) is 0 Å². The van der Waals surface area contributed by atoms with Crippen LogP contribution in [0.25, 0.3) is 42.4 Å². The van der Waals surface area contributed by atoms with Crippen molar-refractivity contribution in [3.63, 3.8) is 0 Å². The minimum atomic E-state index is 1.05. The molecule has 1 aromatic heterocycles. The molecule has 0 amide bonds. The molecule has 0 fully saturated rings. The molecule has 0 spiro atoms. The average molecular weight is 385 g/mol. The van der Waals surface area contributed by atoms with Crippen molar-refractivity contribution in [1.29, 1.82) is 0 Å². The second-order valence-electron chi connectivity index (χ2n) is 7.29. The number of thiophene rings is 1. The Hall–Kier alpha value is -3.60. The molecule has 0 N–H and O–H groups in total. The second kappa shape index (κ2) is 6.48. The highest BCUT2D eigenvalue weighted by atomic mass is 32.1. The van der Waals surface area contributed by atoms with E-state index in [0.717, 1.165) is 10.4 Å². The Morgan fingerprint density at radius 3 is 2.07 bits per heavy atom. The van der Waals surface area contributed by atoms with Gasteiger partial charge in [-0.05, 0) is 62.6 Å². The smallest absolute Gasteiger partial charge is 0.0785 e. The Morgan fingerprint density at radius 1 is 0.483 bits per heavy atom. The van der Waals surface area contributed by atoms with Crippen LogP contribution in [0.5, 0.6) is 0 Å². The first-order valence-corrected chi connectivity index (χ1v) is 10.5. The van der Waals surface area contributed by atoms with Crippen molar-refractivity contribution in [2.75, 3.05) is 0 Å². The van der Waals surface area contributed by atoms with Crippen molar-refractivity contribution < 1.29 is 0 Å². The highest BCUT2D eigenvalue weighted by Crippen LogP contribution is 2.37. The molecule has 6 aromatic rings. The minimum absolute atomic E-state index is 1.05. The van der Waals surface area contributed by atoms with Gasteiger partial charge in [0.2, 0.25) is 0 Å². The quantitative estimate of drug-likeness (QED) is 0.143. The summed E-state index contributed by atoms with van der Waals surface area (Å²) < 4.78 is 1.31. The zero-order valence-corrected chi connectivity index (χ0v) is 16.5. The van der Waals surface area contributed by atoms with Crippen molar-refractivity contribution in [2.24, 2.45) is 0 Å². The predicted octanol–water partition coefficient (Wildman–Crippen LogP) is 7.76. The lowest BCUT2D eigenvalue weighted by molar-refractivity contribution is 1.65. The third kappa shape index (κ3) is 2.78. The lowest BCUT2D eigenvalue weighted by Gasteiger charge is -2.07. The molecule has 0 aliphatic rings. The molecule has 5 aromatic carbocycles. The molecule has 0 aliphatic carbocycles. The summed E-state index contributed by atoms with van der Waals surface area (Å²) in [7, 11) is 0. The zero-order valence-electron chi connectivity index (χ0n) is 15.6. The summed E-state index contributed by atoms with van der Waals surface area (Å²) in [5.41, 5.74) is 1.05. The standard InChI is InChI=1S/C28H16S/c1-2-6-19(7-3-1)10-13-24-17-23-12-14-25-26(28(23)29-24)15-11-22-16-20-8-4-5-9-21(20)18-27(22)25/h1-9,11-12,14-18H. The predicted molar refractivity (Wildman–Crippen MR) is 127 cm³/mol. The van der Waals surface area contributed by atoms with Crippen LogP contribution in [0.3, 0.4) is 0 Å². The van der Waals surface area contributed by atoms with Crippen LogP contribution in [0.2, 0.25) is 0 Å².